The Hall–Kier alpha value is -2.01. The molecular formula is C21H25NO3S. The van der Waals surface area contributed by atoms with Gasteiger partial charge in [0.25, 0.3) is 5.91 Å². The van der Waals surface area contributed by atoms with E-state index in [2.05, 4.69) is 26.1 Å². The van der Waals surface area contributed by atoms with Gasteiger partial charge in [-0.25, -0.2) is 0 Å². The lowest BCUT2D eigenvalue weighted by Crippen LogP contribution is -2.23. The van der Waals surface area contributed by atoms with Gasteiger partial charge in [-0.3, -0.25) is 4.79 Å². The Morgan fingerprint density at radius 2 is 2.08 bits per heavy atom. The van der Waals surface area contributed by atoms with Gasteiger partial charge in [-0.05, 0) is 53.9 Å². The lowest BCUT2D eigenvalue weighted by Gasteiger charge is -2.12. The molecule has 1 N–H and O–H groups in total. The number of ether oxygens (including phenoxy) is 2. The monoisotopic (exact) mass is 371 g/mol. The number of benzene rings is 1. The molecule has 1 saturated carbocycles. The highest BCUT2D eigenvalue weighted by Crippen LogP contribution is 2.71. The maximum absolute atomic E-state index is 12.8. The van der Waals surface area contributed by atoms with Crippen LogP contribution in [-0.4, -0.2) is 20.1 Å². The van der Waals surface area contributed by atoms with Crippen molar-refractivity contribution >= 4 is 17.2 Å². The zero-order valence-corrected chi connectivity index (χ0v) is 16.8. The Balaban J connectivity index is 1.51. The molecule has 5 heteroatoms. The summed E-state index contributed by atoms with van der Waals surface area (Å²) in [5.74, 6) is 2.85. The van der Waals surface area contributed by atoms with Gasteiger partial charge in [0.2, 0.25) is 0 Å². The number of hydrogen-bond acceptors (Lipinski definition) is 4. The second kappa shape index (κ2) is 6.02. The van der Waals surface area contributed by atoms with E-state index in [1.54, 1.807) is 25.6 Å². The molecular weight excluding hydrogens is 346 g/mol. The van der Waals surface area contributed by atoms with Gasteiger partial charge in [0, 0.05) is 23.1 Å². The summed E-state index contributed by atoms with van der Waals surface area (Å²) < 4.78 is 10.6. The van der Waals surface area contributed by atoms with Crippen molar-refractivity contribution in [3.8, 4) is 11.5 Å². The van der Waals surface area contributed by atoms with Gasteiger partial charge in [0.05, 0.1) is 19.1 Å². The highest BCUT2D eigenvalue weighted by atomic mass is 32.1. The SMILES string of the molecule is COc1ccc(CNC(=O)c2sc(C)c3c2C[C@@H]2[C@H]3C2(C)C)c(OC)c1. The quantitative estimate of drug-likeness (QED) is 0.852. The third-order valence-electron chi connectivity index (χ3n) is 6.16. The van der Waals surface area contributed by atoms with Crippen LogP contribution in [0.2, 0.25) is 0 Å². The molecule has 4 nitrogen and oxygen atoms in total. The maximum Gasteiger partial charge on any atom is 0.261 e. The Morgan fingerprint density at radius 3 is 2.77 bits per heavy atom. The van der Waals surface area contributed by atoms with Gasteiger partial charge in [-0.2, -0.15) is 0 Å². The van der Waals surface area contributed by atoms with Crippen LogP contribution >= 0.6 is 11.3 Å². The van der Waals surface area contributed by atoms with E-state index in [9.17, 15) is 4.79 Å². The number of nitrogens with one attached hydrogen (secondary N) is 1. The third-order valence-corrected chi connectivity index (χ3v) is 7.32. The molecule has 1 aromatic carbocycles. The van der Waals surface area contributed by atoms with Crippen molar-refractivity contribution in [2.24, 2.45) is 11.3 Å². The highest BCUT2D eigenvalue weighted by Gasteiger charge is 2.63. The molecule has 2 aromatic rings. The standard InChI is InChI=1S/C21H25NO3S/c1-11-17-14(9-15-18(17)21(15,2)3)19(26-11)20(23)22-10-12-6-7-13(24-4)8-16(12)25-5/h6-8,15,18H,9-10H2,1-5H3,(H,22,23)/t15-,18-/m1/s1. The molecule has 0 radical (unpaired) electrons. The predicted molar refractivity (Wildman–Crippen MR) is 103 cm³/mol. The number of fused-ring (bicyclic) bond motifs is 3. The van der Waals surface area contributed by atoms with Crippen LogP contribution in [0.1, 0.15) is 51.0 Å². The first-order valence-corrected chi connectivity index (χ1v) is 9.81. The van der Waals surface area contributed by atoms with Gasteiger partial charge >= 0.3 is 0 Å². The number of amides is 1. The van der Waals surface area contributed by atoms with Gasteiger partial charge in [-0.15, -0.1) is 11.3 Å². The Bertz CT molecular complexity index is 884. The topological polar surface area (TPSA) is 47.6 Å². The zero-order valence-electron chi connectivity index (χ0n) is 15.9. The van der Waals surface area contributed by atoms with E-state index in [4.69, 9.17) is 9.47 Å². The first kappa shape index (κ1) is 17.4. The fourth-order valence-electron chi connectivity index (χ4n) is 4.57. The predicted octanol–water partition coefficient (Wildman–Crippen LogP) is 4.30. The van der Waals surface area contributed by atoms with Crippen molar-refractivity contribution in [2.75, 3.05) is 14.2 Å². The van der Waals surface area contributed by atoms with Gasteiger partial charge in [-0.1, -0.05) is 13.8 Å². The number of hydrogen-bond donors (Lipinski definition) is 1. The van der Waals surface area contributed by atoms with E-state index >= 15 is 0 Å². The van der Waals surface area contributed by atoms with E-state index in [1.165, 1.54) is 16.0 Å². The largest absolute Gasteiger partial charge is 0.497 e. The van der Waals surface area contributed by atoms with Gasteiger partial charge in [0.1, 0.15) is 11.5 Å². The fourth-order valence-corrected chi connectivity index (χ4v) is 5.72. The zero-order chi connectivity index (χ0) is 18.6. The summed E-state index contributed by atoms with van der Waals surface area (Å²) >= 11 is 1.64. The number of carbonyl (C=O) groups excluding carboxylic acids is 1. The summed E-state index contributed by atoms with van der Waals surface area (Å²) in [4.78, 5) is 15.0. The van der Waals surface area contributed by atoms with Crippen LogP contribution in [0.5, 0.6) is 11.5 Å². The number of aryl methyl sites for hydroxylation is 1. The molecule has 2 atom stereocenters. The molecule has 2 aliphatic rings. The summed E-state index contributed by atoms with van der Waals surface area (Å²) in [6, 6.07) is 5.65. The molecule has 1 fully saturated rings. The van der Waals surface area contributed by atoms with Crippen LogP contribution < -0.4 is 14.8 Å². The molecule has 138 valence electrons. The van der Waals surface area contributed by atoms with E-state index in [0.717, 1.165) is 28.4 Å². The molecule has 0 spiro atoms. The van der Waals surface area contributed by atoms with E-state index < -0.39 is 0 Å². The lowest BCUT2D eigenvalue weighted by atomic mass is 9.95. The molecule has 2 aliphatic carbocycles. The average molecular weight is 372 g/mol. The van der Waals surface area contributed by atoms with Crippen LogP contribution in [0.4, 0.5) is 0 Å². The summed E-state index contributed by atoms with van der Waals surface area (Å²) in [7, 11) is 3.26. The number of thiophene rings is 1. The molecule has 0 unspecified atom stereocenters. The first-order chi connectivity index (χ1) is 12.4. The van der Waals surface area contributed by atoms with Gasteiger partial charge < -0.3 is 14.8 Å². The number of carbonyl (C=O) groups is 1. The second-order valence-corrected chi connectivity index (χ2v) is 9.07. The normalized spacial score (nSPS) is 21.7. The summed E-state index contributed by atoms with van der Waals surface area (Å²) in [6.45, 7) is 7.29. The minimum atomic E-state index is 0.0244. The summed E-state index contributed by atoms with van der Waals surface area (Å²) in [5.41, 5.74) is 4.09. The Morgan fingerprint density at radius 1 is 1.31 bits per heavy atom. The molecule has 1 amide bonds. The smallest absolute Gasteiger partial charge is 0.261 e. The van der Waals surface area contributed by atoms with Crippen molar-refractivity contribution in [3.05, 3.63) is 44.6 Å². The van der Waals surface area contributed by atoms with Crippen molar-refractivity contribution in [1.29, 1.82) is 0 Å². The Kier molecular flexibility index (Phi) is 4.03. The minimum Gasteiger partial charge on any atom is -0.497 e. The fraction of sp³-hybridized carbons (Fsp3) is 0.476. The summed E-state index contributed by atoms with van der Waals surface area (Å²) in [6.07, 6.45) is 1.05. The van der Waals surface area contributed by atoms with Crippen LogP contribution in [0, 0.1) is 18.3 Å². The maximum atomic E-state index is 12.8. The second-order valence-electron chi connectivity index (χ2n) is 7.85. The minimum absolute atomic E-state index is 0.0244. The van der Waals surface area contributed by atoms with Crippen molar-refractivity contribution in [3.63, 3.8) is 0 Å². The van der Waals surface area contributed by atoms with Crippen molar-refractivity contribution < 1.29 is 14.3 Å². The van der Waals surface area contributed by atoms with Crippen molar-refractivity contribution in [1.82, 2.24) is 5.32 Å². The van der Waals surface area contributed by atoms with Crippen LogP contribution in [0.25, 0.3) is 0 Å². The molecule has 26 heavy (non-hydrogen) atoms. The van der Waals surface area contributed by atoms with E-state index in [1.807, 2.05) is 18.2 Å². The van der Waals surface area contributed by atoms with Crippen LogP contribution in [-0.2, 0) is 13.0 Å². The molecule has 1 heterocycles. The number of rotatable bonds is 5. The highest BCUT2D eigenvalue weighted by molar-refractivity contribution is 7.14. The Labute approximate surface area is 158 Å². The van der Waals surface area contributed by atoms with Crippen LogP contribution in [0.3, 0.4) is 0 Å². The van der Waals surface area contributed by atoms with Crippen LogP contribution in [0.15, 0.2) is 18.2 Å². The average Bonchev–Trinajstić information content (AvgIpc) is 2.98. The molecule has 4 rings (SSSR count). The van der Waals surface area contributed by atoms with Crippen molar-refractivity contribution in [2.45, 2.75) is 39.7 Å². The van der Waals surface area contributed by atoms with E-state index in [0.29, 0.717) is 23.8 Å². The molecule has 0 aliphatic heterocycles. The molecule has 0 bridgehead atoms. The molecule has 0 saturated heterocycles. The first-order valence-electron chi connectivity index (χ1n) is 8.99. The number of methoxy groups -OCH3 is 2. The van der Waals surface area contributed by atoms with Gasteiger partial charge in [0.15, 0.2) is 0 Å². The van der Waals surface area contributed by atoms with E-state index in [-0.39, 0.29) is 5.91 Å². The third kappa shape index (κ3) is 2.52. The lowest BCUT2D eigenvalue weighted by molar-refractivity contribution is 0.0953. The summed E-state index contributed by atoms with van der Waals surface area (Å²) in [5, 5.41) is 3.07. The molecule has 1 aromatic heterocycles.